The minimum Gasteiger partial charge on any atom is -0.456 e. The largest absolute Gasteiger partial charge is 0.456 e. The molecule has 1 amide bonds. The molecule has 0 aliphatic rings. The lowest BCUT2D eigenvalue weighted by Crippen LogP contribution is -2.20. The van der Waals surface area contributed by atoms with Crippen molar-refractivity contribution in [3.8, 4) is 11.3 Å². The van der Waals surface area contributed by atoms with E-state index in [1.807, 2.05) is 24.3 Å². The predicted octanol–water partition coefficient (Wildman–Crippen LogP) is 5.06. The van der Waals surface area contributed by atoms with Gasteiger partial charge in [-0.05, 0) is 49.2 Å². The number of halogens is 1. The number of anilines is 1. The quantitative estimate of drug-likeness (QED) is 0.376. The first-order valence-electron chi connectivity index (χ1n) is 9.58. The Kier molecular flexibility index (Phi) is 6.63. The van der Waals surface area contributed by atoms with Crippen LogP contribution in [0.2, 0.25) is 0 Å². The zero-order valence-electron chi connectivity index (χ0n) is 16.3. The van der Waals surface area contributed by atoms with Crippen LogP contribution in [0.4, 0.5) is 9.52 Å². The molecule has 4 aromatic rings. The number of para-hydroxylation sites is 1. The van der Waals surface area contributed by atoms with Gasteiger partial charge in [-0.2, -0.15) is 0 Å². The van der Waals surface area contributed by atoms with Gasteiger partial charge >= 0.3 is 5.97 Å². The monoisotopic (exact) mass is 455 g/mol. The number of carbonyl (C=O) groups is 2. The maximum Gasteiger partial charge on any atom is 0.306 e. The molecule has 2 aromatic heterocycles. The highest BCUT2D eigenvalue weighted by molar-refractivity contribution is 7.18. The molecule has 0 aliphatic carbocycles. The first-order chi connectivity index (χ1) is 15.1. The molecule has 2 heterocycles. The molecule has 31 heavy (non-hydrogen) atoms. The number of thiazole rings is 2. The SMILES string of the molecule is O=C(COC(=O)CCCc1nc2ccccc2s1)Nc1nc(-c2ccc(F)cc2)cs1. The zero-order chi connectivity index (χ0) is 21.6. The van der Waals surface area contributed by atoms with Gasteiger partial charge in [-0.1, -0.05) is 12.1 Å². The van der Waals surface area contributed by atoms with Crippen LogP contribution in [0.1, 0.15) is 17.8 Å². The summed E-state index contributed by atoms with van der Waals surface area (Å²) in [5, 5.41) is 5.73. The van der Waals surface area contributed by atoms with Crippen LogP contribution in [0.3, 0.4) is 0 Å². The van der Waals surface area contributed by atoms with E-state index in [0.717, 1.165) is 20.8 Å². The fourth-order valence-corrected chi connectivity index (χ4v) is 4.61. The smallest absolute Gasteiger partial charge is 0.306 e. The number of rotatable bonds is 8. The number of esters is 1. The molecular formula is C22H18FN3O3S2. The second-order valence-electron chi connectivity index (χ2n) is 6.68. The number of hydrogen-bond acceptors (Lipinski definition) is 7. The summed E-state index contributed by atoms with van der Waals surface area (Å²) >= 11 is 2.86. The van der Waals surface area contributed by atoms with E-state index in [-0.39, 0.29) is 18.8 Å². The molecule has 0 bridgehead atoms. The van der Waals surface area contributed by atoms with Crippen molar-refractivity contribution in [3.05, 3.63) is 64.7 Å². The first-order valence-corrected chi connectivity index (χ1v) is 11.3. The van der Waals surface area contributed by atoms with Gasteiger partial charge in [-0.25, -0.2) is 14.4 Å². The lowest BCUT2D eigenvalue weighted by Gasteiger charge is -2.04. The van der Waals surface area contributed by atoms with Crippen molar-refractivity contribution in [1.82, 2.24) is 9.97 Å². The number of hydrogen-bond donors (Lipinski definition) is 1. The molecule has 2 aromatic carbocycles. The highest BCUT2D eigenvalue weighted by Crippen LogP contribution is 2.25. The second-order valence-corrected chi connectivity index (χ2v) is 8.66. The highest BCUT2D eigenvalue weighted by Gasteiger charge is 2.12. The van der Waals surface area contributed by atoms with Gasteiger partial charge < -0.3 is 4.74 Å². The number of nitrogens with one attached hydrogen (secondary N) is 1. The summed E-state index contributed by atoms with van der Waals surface area (Å²) in [5.74, 6) is -1.21. The summed E-state index contributed by atoms with van der Waals surface area (Å²) in [4.78, 5) is 32.8. The summed E-state index contributed by atoms with van der Waals surface area (Å²) in [6.07, 6.45) is 1.51. The molecular weight excluding hydrogens is 437 g/mol. The molecule has 6 nitrogen and oxygen atoms in total. The number of ether oxygens (including phenoxy) is 1. The van der Waals surface area contributed by atoms with Crippen molar-refractivity contribution in [1.29, 1.82) is 0 Å². The third kappa shape index (κ3) is 5.71. The van der Waals surface area contributed by atoms with Crippen molar-refractivity contribution in [2.75, 3.05) is 11.9 Å². The van der Waals surface area contributed by atoms with Crippen LogP contribution in [0.15, 0.2) is 53.9 Å². The van der Waals surface area contributed by atoms with Crippen molar-refractivity contribution >= 4 is 49.9 Å². The topological polar surface area (TPSA) is 81.2 Å². The molecule has 158 valence electrons. The van der Waals surface area contributed by atoms with Crippen LogP contribution in [0.5, 0.6) is 0 Å². The van der Waals surface area contributed by atoms with Crippen LogP contribution in [0.25, 0.3) is 21.5 Å². The van der Waals surface area contributed by atoms with Crippen molar-refractivity contribution in [2.45, 2.75) is 19.3 Å². The Morgan fingerprint density at radius 3 is 2.68 bits per heavy atom. The normalized spacial score (nSPS) is 10.9. The summed E-state index contributed by atoms with van der Waals surface area (Å²) in [6, 6.07) is 13.8. The van der Waals surface area contributed by atoms with E-state index in [1.165, 1.54) is 23.5 Å². The Labute approximate surface area is 185 Å². The summed E-state index contributed by atoms with van der Waals surface area (Å²) in [7, 11) is 0. The van der Waals surface area contributed by atoms with Crippen molar-refractivity contribution < 1.29 is 18.7 Å². The third-order valence-corrected chi connectivity index (χ3v) is 6.22. The molecule has 0 saturated carbocycles. The van der Waals surface area contributed by atoms with Gasteiger partial charge in [-0.15, -0.1) is 22.7 Å². The zero-order valence-corrected chi connectivity index (χ0v) is 18.0. The van der Waals surface area contributed by atoms with Gasteiger partial charge in [0.2, 0.25) is 0 Å². The van der Waals surface area contributed by atoms with Crippen molar-refractivity contribution in [3.63, 3.8) is 0 Å². The van der Waals surface area contributed by atoms with Gasteiger partial charge in [0.1, 0.15) is 5.82 Å². The molecule has 0 saturated heterocycles. The molecule has 4 rings (SSSR count). The highest BCUT2D eigenvalue weighted by atomic mass is 32.1. The van der Waals surface area contributed by atoms with Gasteiger partial charge in [0, 0.05) is 17.4 Å². The number of fused-ring (bicyclic) bond motifs is 1. The molecule has 0 atom stereocenters. The standard InChI is InChI=1S/C22H18FN3O3S2/c23-15-10-8-14(9-11-15)17-13-30-22(25-17)26-19(27)12-29-21(28)7-3-6-20-24-16-4-1-2-5-18(16)31-20/h1-2,4-5,8-11,13H,3,6-7,12H2,(H,25,26,27). The number of benzene rings is 2. The average Bonchev–Trinajstić information content (AvgIpc) is 3.39. The minimum absolute atomic E-state index is 0.217. The Morgan fingerprint density at radius 1 is 1.06 bits per heavy atom. The molecule has 0 unspecified atom stereocenters. The summed E-state index contributed by atoms with van der Waals surface area (Å²) in [5.41, 5.74) is 2.34. The van der Waals surface area contributed by atoms with Crippen molar-refractivity contribution in [2.24, 2.45) is 0 Å². The van der Waals surface area contributed by atoms with E-state index >= 15 is 0 Å². The number of nitrogens with zero attached hydrogens (tertiary/aromatic N) is 2. The molecule has 0 fully saturated rings. The Morgan fingerprint density at radius 2 is 1.87 bits per heavy atom. The molecule has 9 heteroatoms. The Bertz CT molecular complexity index is 1170. The predicted molar refractivity (Wildman–Crippen MR) is 120 cm³/mol. The molecule has 0 aliphatic heterocycles. The Hall–Kier alpha value is -3.17. The lowest BCUT2D eigenvalue weighted by molar-refractivity contribution is -0.147. The maximum absolute atomic E-state index is 13.0. The van der Waals surface area contributed by atoms with Crippen LogP contribution < -0.4 is 5.32 Å². The Balaban J connectivity index is 1.19. The van der Waals surface area contributed by atoms with Crippen LogP contribution in [-0.2, 0) is 20.7 Å². The fraction of sp³-hybridized carbons (Fsp3) is 0.182. The minimum atomic E-state index is -0.459. The molecule has 0 spiro atoms. The van der Waals surface area contributed by atoms with Crippen LogP contribution in [0, 0.1) is 5.82 Å². The number of carbonyl (C=O) groups excluding carboxylic acids is 2. The third-order valence-electron chi connectivity index (χ3n) is 4.36. The molecule has 0 radical (unpaired) electrons. The van der Waals surface area contributed by atoms with Crippen LogP contribution in [-0.4, -0.2) is 28.5 Å². The van der Waals surface area contributed by atoms with E-state index in [2.05, 4.69) is 15.3 Å². The van der Waals surface area contributed by atoms with E-state index in [0.29, 0.717) is 23.7 Å². The summed E-state index contributed by atoms with van der Waals surface area (Å²) in [6.45, 7) is -0.370. The number of aromatic nitrogens is 2. The van der Waals surface area contributed by atoms with Crippen LogP contribution >= 0.6 is 22.7 Å². The van der Waals surface area contributed by atoms with E-state index in [9.17, 15) is 14.0 Å². The second kappa shape index (κ2) is 9.76. The fourth-order valence-electron chi connectivity index (χ4n) is 2.87. The average molecular weight is 456 g/mol. The van der Waals surface area contributed by atoms with E-state index < -0.39 is 11.9 Å². The lowest BCUT2D eigenvalue weighted by atomic mass is 10.2. The van der Waals surface area contributed by atoms with E-state index in [1.54, 1.807) is 28.8 Å². The van der Waals surface area contributed by atoms with Gasteiger partial charge in [0.05, 0.1) is 20.9 Å². The summed E-state index contributed by atoms with van der Waals surface area (Å²) < 4.78 is 19.2. The van der Waals surface area contributed by atoms with Gasteiger partial charge in [0.25, 0.3) is 5.91 Å². The van der Waals surface area contributed by atoms with E-state index in [4.69, 9.17) is 4.74 Å². The first kappa shape index (κ1) is 21.1. The van der Waals surface area contributed by atoms with Gasteiger partial charge in [0.15, 0.2) is 11.7 Å². The maximum atomic E-state index is 13.0. The number of amides is 1. The number of aryl methyl sites for hydroxylation is 1. The van der Waals surface area contributed by atoms with Gasteiger partial charge in [-0.3, -0.25) is 14.9 Å². The molecule has 1 N–H and O–H groups in total.